The Bertz CT molecular complexity index is 559. The van der Waals surface area contributed by atoms with E-state index in [0.717, 1.165) is 5.69 Å². The maximum atomic E-state index is 12.0. The van der Waals surface area contributed by atoms with E-state index in [-0.39, 0.29) is 11.1 Å². The average molecular weight is 297 g/mol. The van der Waals surface area contributed by atoms with Gasteiger partial charge in [-0.3, -0.25) is 4.79 Å². The molecule has 2 aromatic rings. The summed E-state index contributed by atoms with van der Waals surface area (Å²) in [4.78, 5) is 20.1. The minimum absolute atomic E-state index is 0.170. The lowest BCUT2D eigenvalue weighted by Crippen LogP contribution is -2.26. The number of halogens is 1. The second kappa shape index (κ2) is 6.49. The molecule has 2 aromatic heterocycles. The molecule has 2 N–H and O–H groups in total. The Morgan fingerprint density at radius 2 is 2.32 bits per heavy atom. The van der Waals surface area contributed by atoms with E-state index in [2.05, 4.69) is 20.6 Å². The molecule has 0 radical (unpaired) electrons. The molecule has 0 atom stereocenters. The number of thiazole rings is 1. The van der Waals surface area contributed by atoms with Gasteiger partial charge in [-0.15, -0.1) is 11.3 Å². The summed E-state index contributed by atoms with van der Waals surface area (Å²) >= 11 is 7.39. The van der Waals surface area contributed by atoms with Crippen LogP contribution in [0.2, 0.25) is 5.15 Å². The largest absolute Gasteiger partial charge is 0.373 e. The molecule has 0 fully saturated rings. The summed E-state index contributed by atoms with van der Waals surface area (Å²) in [5.41, 5.74) is 3.25. The molecule has 2 rings (SSSR count). The number of pyridine rings is 1. The van der Waals surface area contributed by atoms with Crippen LogP contribution in [0.4, 0.5) is 5.82 Å². The first-order chi connectivity index (χ1) is 9.19. The number of aromatic nitrogens is 2. The first-order valence-corrected chi connectivity index (χ1v) is 7.01. The number of carbonyl (C=O) groups excluding carboxylic acids is 1. The summed E-state index contributed by atoms with van der Waals surface area (Å²) < 4.78 is 0. The van der Waals surface area contributed by atoms with Crippen molar-refractivity contribution < 1.29 is 4.79 Å². The van der Waals surface area contributed by atoms with Crippen LogP contribution in [0.15, 0.2) is 23.0 Å². The summed E-state index contributed by atoms with van der Waals surface area (Å²) in [6, 6.07) is 3.20. The van der Waals surface area contributed by atoms with E-state index in [1.54, 1.807) is 36.0 Å². The fourth-order valence-corrected chi connectivity index (χ4v) is 2.32. The molecular formula is C12H13ClN4OS. The van der Waals surface area contributed by atoms with E-state index in [1.165, 1.54) is 0 Å². The van der Waals surface area contributed by atoms with Crippen molar-refractivity contribution in [3.8, 4) is 0 Å². The van der Waals surface area contributed by atoms with Crippen molar-refractivity contribution in [2.24, 2.45) is 0 Å². The molecule has 0 aromatic carbocycles. The van der Waals surface area contributed by atoms with Gasteiger partial charge in [-0.05, 0) is 12.1 Å². The molecule has 0 aliphatic rings. The Kier molecular flexibility index (Phi) is 4.70. The summed E-state index contributed by atoms with van der Waals surface area (Å²) in [7, 11) is 1.72. The van der Waals surface area contributed by atoms with E-state index >= 15 is 0 Å². The quantitative estimate of drug-likeness (QED) is 0.830. The molecule has 0 unspecified atom stereocenters. The third kappa shape index (κ3) is 3.90. The zero-order valence-corrected chi connectivity index (χ0v) is 11.9. The van der Waals surface area contributed by atoms with Crippen molar-refractivity contribution in [2.75, 3.05) is 18.9 Å². The Morgan fingerprint density at radius 1 is 1.47 bits per heavy atom. The Balaban J connectivity index is 1.94. The maximum Gasteiger partial charge on any atom is 0.251 e. The Labute approximate surface area is 120 Å². The smallest absolute Gasteiger partial charge is 0.251 e. The minimum Gasteiger partial charge on any atom is -0.373 e. The predicted molar refractivity (Wildman–Crippen MR) is 76.9 cm³/mol. The van der Waals surface area contributed by atoms with Crippen molar-refractivity contribution in [3.63, 3.8) is 0 Å². The molecule has 1 amide bonds. The van der Waals surface area contributed by atoms with Crippen LogP contribution in [-0.4, -0.2) is 29.5 Å². The summed E-state index contributed by atoms with van der Waals surface area (Å²) in [5.74, 6) is 0.396. The number of amides is 1. The molecule has 7 heteroatoms. The van der Waals surface area contributed by atoms with Crippen LogP contribution < -0.4 is 10.6 Å². The number of nitrogens with zero attached hydrogens (tertiary/aromatic N) is 2. The van der Waals surface area contributed by atoms with Gasteiger partial charge >= 0.3 is 0 Å². The molecule has 5 nitrogen and oxygen atoms in total. The van der Waals surface area contributed by atoms with Gasteiger partial charge < -0.3 is 10.6 Å². The molecule has 0 bridgehead atoms. The van der Waals surface area contributed by atoms with Crippen LogP contribution in [0.1, 0.15) is 16.1 Å². The van der Waals surface area contributed by atoms with Crippen molar-refractivity contribution in [1.82, 2.24) is 15.3 Å². The average Bonchev–Trinajstić information content (AvgIpc) is 2.91. The van der Waals surface area contributed by atoms with Crippen LogP contribution in [0.5, 0.6) is 0 Å². The SMILES string of the molecule is CNc1cc(C(=O)NCCc2cscn2)cc(Cl)n1. The number of hydrogen-bond donors (Lipinski definition) is 2. The zero-order chi connectivity index (χ0) is 13.7. The van der Waals surface area contributed by atoms with E-state index in [4.69, 9.17) is 11.6 Å². The number of rotatable bonds is 5. The highest BCUT2D eigenvalue weighted by atomic mass is 35.5. The number of anilines is 1. The molecule has 0 saturated heterocycles. The summed E-state index contributed by atoms with van der Waals surface area (Å²) in [6.45, 7) is 0.539. The van der Waals surface area contributed by atoms with Gasteiger partial charge in [0.15, 0.2) is 0 Å². The van der Waals surface area contributed by atoms with Gasteiger partial charge in [0.2, 0.25) is 0 Å². The lowest BCUT2D eigenvalue weighted by molar-refractivity contribution is 0.0954. The minimum atomic E-state index is -0.170. The topological polar surface area (TPSA) is 66.9 Å². The summed E-state index contributed by atoms with van der Waals surface area (Å²) in [5, 5.41) is 7.94. The number of nitrogens with one attached hydrogen (secondary N) is 2. The lowest BCUT2D eigenvalue weighted by Gasteiger charge is -2.06. The number of carbonyl (C=O) groups is 1. The van der Waals surface area contributed by atoms with Gasteiger partial charge in [-0.25, -0.2) is 9.97 Å². The van der Waals surface area contributed by atoms with Crippen molar-refractivity contribution >= 4 is 34.7 Å². The van der Waals surface area contributed by atoms with Crippen molar-refractivity contribution in [1.29, 1.82) is 0 Å². The zero-order valence-electron chi connectivity index (χ0n) is 10.3. The van der Waals surface area contributed by atoms with E-state index < -0.39 is 0 Å². The van der Waals surface area contributed by atoms with Gasteiger partial charge in [-0.1, -0.05) is 11.6 Å². The van der Waals surface area contributed by atoms with Gasteiger partial charge in [0.1, 0.15) is 11.0 Å². The Morgan fingerprint density at radius 3 is 3.00 bits per heavy atom. The molecule has 0 aliphatic carbocycles. The monoisotopic (exact) mass is 296 g/mol. The normalized spacial score (nSPS) is 10.2. The second-order valence-electron chi connectivity index (χ2n) is 3.80. The van der Waals surface area contributed by atoms with Crippen LogP contribution in [-0.2, 0) is 6.42 Å². The molecule has 2 heterocycles. The van der Waals surface area contributed by atoms with E-state index in [1.807, 2.05) is 5.38 Å². The standard InChI is InChI=1S/C12H13ClN4OS/c1-14-11-5-8(4-10(13)17-11)12(18)15-3-2-9-6-19-7-16-9/h4-7H,2-3H2,1H3,(H,14,17)(H,15,18). The molecule has 0 spiro atoms. The third-order valence-electron chi connectivity index (χ3n) is 2.46. The molecule has 0 saturated carbocycles. The van der Waals surface area contributed by atoms with Crippen LogP contribution in [0.3, 0.4) is 0 Å². The van der Waals surface area contributed by atoms with Gasteiger partial charge in [0, 0.05) is 31.0 Å². The fourth-order valence-electron chi connectivity index (χ4n) is 1.52. The second-order valence-corrected chi connectivity index (χ2v) is 4.91. The van der Waals surface area contributed by atoms with Crippen molar-refractivity contribution in [3.05, 3.63) is 39.4 Å². The van der Waals surface area contributed by atoms with Gasteiger partial charge in [-0.2, -0.15) is 0 Å². The van der Waals surface area contributed by atoms with E-state index in [0.29, 0.717) is 24.3 Å². The highest BCUT2D eigenvalue weighted by Gasteiger charge is 2.08. The Hall–Kier alpha value is -1.66. The molecule has 100 valence electrons. The van der Waals surface area contributed by atoms with Gasteiger partial charge in [0.25, 0.3) is 5.91 Å². The van der Waals surface area contributed by atoms with Crippen molar-refractivity contribution in [2.45, 2.75) is 6.42 Å². The molecule has 0 aliphatic heterocycles. The fraction of sp³-hybridized carbons (Fsp3) is 0.250. The van der Waals surface area contributed by atoms with Crippen LogP contribution in [0.25, 0.3) is 0 Å². The van der Waals surface area contributed by atoms with E-state index in [9.17, 15) is 4.79 Å². The number of hydrogen-bond acceptors (Lipinski definition) is 5. The van der Waals surface area contributed by atoms with Crippen LogP contribution in [0, 0.1) is 0 Å². The summed E-state index contributed by atoms with van der Waals surface area (Å²) in [6.07, 6.45) is 0.715. The molecular weight excluding hydrogens is 284 g/mol. The first kappa shape index (κ1) is 13.8. The lowest BCUT2D eigenvalue weighted by atomic mass is 10.2. The maximum absolute atomic E-state index is 12.0. The third-order valence-corrected chi connectivity index (χ3v) is 3.29. The predicted octanol–water partition coefficient (Wildman–Crippen LogP) is 2.21. The highest BCUT2D eigenvalue weighted by Crippen LogP contribution is 2.14. The highest BCUT2D eigenvalue weighted by molar-refractivity contribution is 7.07. The first-order valence-electron chi connectivity index (χ1n) is 5.69. The van der Waals surface area contributed by atoms with Crippen LogP contribution >= 0.6 is 22.9 Å². The molecule has 19 heavy (non-hydrogen) atoms. The van der Waals surface area contributed by atoms with Gasteiger partial charge in [0.05, 0.1) is 11.2 Å².